The first-order valence-corrected chi connectivity index (χ1v) is 4.87. The Hall–Kier alpha value is -1.30. The van der Waals surface area contributed by atoms with Gasteiger partial charge in [0.15, 0.2) is 0 Å². The number of aliphatic carboxylic acids is 1. The third-order valence-electron chi connectivity index (χ3n) is 2.41. The molecule has 1 saturated heterocycles. The maximum atomic E-state index is 11.3. The van der Waals surface area contributed by atoms with Crippen molar-refractivity contribution in [1.82, 2.24) is 10.6 Å². The maximum Gasteiger partial charge on any atom is 0.323 e. The van der Waals surface area contributed by atoms with Crippen LogP contribution in [0.25, 0.3) is 0 Å². The summed E-state index contributed by atoms with van der Waals surface area (Å²) in [6, 6.07) is -0.443. The Morgan fingerprint density at radius 3 is 2.53 bits per heavy atom. The van der Waals surface area contributed by atoms with Gasteiger partial charge in [0.1, 0.15) is 6.54 Å². The van der Waals surface area contributed by atoms with Crippen molar-refractivity contribution >= 4 is 12.0 Å². The molecule has 1 aliphatic heterocycles. The number of amides is 2. The van der Waals surface area contributed by atoms with E-state index in [2.05, 4.69) is 10.6 Å². The van der Waals surface area contributed by atoms with Crippen molar-refractivity contribution < 1.29 is 19.4 Å². The Morgan fingerprint density at radius 1 is 1.40 bits per heavy atom. The summed E-state index contributed by atoms with van der Waals surface area (Å²) in [6.45, 7) is 2.81. The number of carboxylic acid groups (broad SMARTS) is 1. The summed E-state index contributed by atoms with van der Waals surface area (Å²) in [6.07, 6.45) is 1.49. The zero-order valence-corrected chi connectivity index (χ0v) is 8.71. The van der Waals surface area contributed by atoms with Crippen LogP contribution in [0, 0.1) is 0 Å². The molecule has 1 rings (SSSR count). The SMILES string of the molecule is CC1(NC(=O)NCC(=O)O)CCOCC1. The van der Waals surface area contributed by atoms with Crippen LogP contribution in [-0.2, 0) is 9.53 Å². The minimum atomic E-state index is -1.05. The van der Waals surface area contributed by atoms with Gasteiger partial charge in [-0.2, -0.15) is 0 Å². The number of nitrogens with one attached hydrogen (secondary N) is 2. The molecule has 0 radical (unpaired) electrons. The van der Waals surface area contributed by atoms with Crippen LogP contribution in [0.3, 0.4) is 0 Å². The van der Waals surface area contributed by atoms with E-state index in [9.17, 15) is 9.59 Å². The van der Waals surface area contributed by atoms with Gasteiger partial charge in [-0.15, -0.1) is 0 Å². The topological polar surface area (TPSA) is 87.7 Å². The van der Waals surface area contributed by atoms with Gasteiger partial charge in [-0.25, -0.2) is 4.79 Å². The van der Waals surface area contributed by atoms with E-state index in [1.165, 1.54) is 0 Å². The average Bonchev–Trinajstić information content (AvgIpc) is 2.15. The van der Waals surface area contributed by atoms with E-state index < -0.39 is 12.0 Å². The van der Waals surface area contributed by atoms with Crippen LogP contribution in [0.4, 0.5) is 4.79 Å². The van der Waals surface area contributed by atoms with E-state index >= 15 is 0 Å². The van der Waals surface area contributed by atoms with E-state index in [0.717, 1.165) is 12.8 Å². The summed E-state index contributed by atoms with van der Waals surface area (Å²) in [5, 5.41) is 13.4. The largest absolute Gasteiger partial charge is 0.480 e. The number of carbonyl (C=O) groups excluding carboxylic acids is 1. The number of carboxylic acids is 1. The van der Waals surface area contributed by atoms with Gasteiger partial charge in [-0.1, -0.05) is 0 Å². The quantitative estimate of drug-likeness (QED) is 0.616. The van der Waals surface area contributed by atoms with Gasteiger partial charge in [-0.05, 0) is 19.8 Å². The monoisotopic (exact) mass is 216 g/mol. The van der Waals surface area contributed by atoms with E-state index in [0.29, 0.717) is 13.2 Å². The van der Waals surface area contributed by atoms with E-state index in [1.807, 2.05) is 6.92 Å². The van der Waals surface area contributed by atoms with Crippen molar-refractivity contribution in [3.05, 3.63) is 0 Å². The van der Waals surface area contributed by atoms with Crippen molar-refractivity contribution in [2.24, 2.45) is 0 Å². The fourth-order valence-electron chi connectivity index (χ4n) is 1.42. The summed E-state index contributed by atoms with van der Waals surface area (Å²) in [7, 11) is 0. The zero-order valence-electron chi connectivity index (χ0n) is 8.71. The van der Waals surface area contributed by atoms with Gasteiger partial charge >= 0.3 is 12.0 Å². The molecule has 0 aromatic rings. The van der Waals surface area contributed by atoms with Gasteiger partial charge in [-0.3, -0.25) is 4.79 Å². The van der Waals surface area contributed by atoms with Crippen LogP contribution in [0.2, 0.25) is 0 Å². The summed E-state index contributed by atoms with van der Waals surface area (Å²) < 4.78 is 5.18. The summed E-state index contributed by atoms with van der Waals surface area (Å²) in [5.74, 6) is -1.05. The van der Waals surface area contributed by atoms with Gasteiger partial charge in [0, 0.05) is 18.8 Å². The van der Waals surface area contributed by atoms with Crippen molar-refractivity contribution in [2.45, 2.75) is 25.3 Å². The molecule has 1 aliphatic rings. The first-order chi connectivity index (χ1) is 7.02. The van der Waals surface area contributed by atoms with Crippen LogP contribution in [0.1, 0.15) is 19.8 Å². The molecule has 1 fully saturated rings. The third kappa shape index (κ3) is 4.16. The lowest BCUT2D eigenvalue weighted by atomic mass is 9.93. The Bertz CT molecular complexity index is 248. The first-order valence-electron chi connectivity index (χ1n) is 4.87. The highest BCUT2D eigenvalue weighted by molar-refractivity contribution is 5.80. The van der Waals surface area contributed by atoms with Gasteiger partial charge < -0.3 is 20.5 Å². The lowest BCUT2D eigenvalue weighted by Gasteiger charge is -2.34. The fourth-order valence-corrected chi connectivity index (χ4v) is 1.42. The second-order valence-electron chi connectivity index (χ2n) is 3.87. The molecule has 6 nitrogen and oxygen atoms in total. The van der Waals surface area contributed by atoms with Gasteiger partial charge in [0.25, 0.3) is 0 Å². The molecule has 0 atom stereocenters. The Kier molecular flexibility index (Phi) is 3.90. The third-order valence-corrected chi connectivity index (χ3v) is 2.41. The van der Waals surface area contributed by atoms with E-state index in [4.69, 9.17) is 9.84 Å². The smallest absolute Gasteiger partial charge is 0.323 e. The number of urea groups is 1. The van der Waals surface area contributed by atoms with Crippen LogP contribution in [0.5, 0.6) is 0 Å². The van der Waals surface area contributed by atoms with Gasteiger partial charge in [0.2, 0.25) is 0 Å². The van der Waals surface area contributed by atoms with Crippen LogP contribution >= 0.6 is 0 Å². The van der Waals surface area contributed by atoms with E-state index in [1.54, 1.807) is 0 Å². The number of rotatable bonds is 3. The molecule has 0 unspecified atom stereocenters. The molecule has 15 heavy (non-hydrogen) atoms. The molecule has 0 aromatic carbocycles. The maximum absolute atomic E-state index is 11.3. The van der Waals surface area contributed by atoms with Crippen LogP contribution in [0.15, 0.2) is 0 Å². The normalized spacial score (nSPS) is 19.3. The number of carbonyl (C=O) groups is 2. The Labute approximate surface area is 88.0 Å². The molecule has 3 N–H and O–H groups in total. The summed E-state index contributed by atoms with van der Waals surface area (Å²) in [5.41, 5.74) is -0.291. The molecule has 86 valence electrons. The lowest BCUT2D eigenvalue weighted by molar-refractivity contribution is -0.135. The van der Waals surface area contributed by atoms with Crippen molar-refractivity contribution in [1.29, 1.82) is 0 Å². The van der Waals surface area contributed by atoms with Crippen LogP contribution < -0.4 is 10.6 Å². The molecule has 2 amide bonds. The highest BCUT2D eigenvalue weighted by Gasteiger charge is 2.28. The summed E-state index contributed by atoms with van der Waals surface area (Å²) in [4.78, 5) is 21.5. The number of ether oxygens (including phenoxy) is 1. The second-order valence-corrected chi connectivity index (χ2v) is 3.87. The molecular formula is C9H16N2O4. The number of hydrogen-bond acceptors (Lipinski definition) is 3. The predicted molar refractivity (Wildman–Crippen MR) is 52.6 cm³/mol. The summed E-state index contributed by atoms with van der Waals surface area (Å²) >= 11 is 0. The van der Waals surface area contributed by atoms with Gasteiger partial charge in [0.05, 0.1) is 0 Å². The van der Waals surface area contributed by atoms with Crippen LogP contribution in [-0.4, -0.2) is 42.4 Å². The second kappa shape index (κ2) is 4.97. The lowest BCUT2D eigenvalue weighted by Crippen LogP contribution is -2.53. The minimum Gasteiger partial charge on any atom is -0.480 e. The minimum absolute atomic E-state index is 0.291. The molecular weight excluding hydrogens is 200 g/mol. The molecule has 6 heteroatoms. The molecule has 0 aromatic heterocycles. The molecule has 1 heterocycles. The number of hydrogen-bond donors (Lipinski definition) is 3. The average molecular weight is 216 g/mol. The Balaban J connectivity index is 2.32. The van der Waals surface area contributed by atoms with Crippen molar-refractivity contribution in [3.8, 4) is 0 Å². The predicted octanol–water partition coefficient (Wildman–Crippen LogP) is -0.0607. The molecule has 0 saturated carbocycles. The highest BCUT2D eigenvalue weighted by Crippen LogP contribution is 2.19. The molecule has 0 spiro atoms. The highest BCUT2D eigenvalue weighted by atomic mass is 16.5. The molecule has 0 aliphatic carbocycles. The first kappa shape index (κ1) is 11.8. The Morgan fingerprint density at radius 2 is 2.00 bits per heavy atom. The fraction of sp³-hybridized carbons (Fsp3) is 0.778. The van der Waals surface area contributed by atoms with Crippen molar-refractivity contribution in [2.75, 3.05) is 19.8 Å². The van der Waals surface area contributed by atoms with E-state index in [-0.39, 0.29) is 12.1 Å². The molecule has 0 bridgehead atoms. The van der Waals surface area contributed by atoms with Crippen molar-refractivity contribution in [3.63, 3.8) is 0 Å². The zero-order chi connectivity index (χ0) is 11.3. The standard InChI is InChI=1S/C9H16N2O4/c1-9(2-4-15-5-3-9)11-8(14)10-6-7(12)13/h2-6H2,1H3,(H,12,13)(H2,10,11,14).